The lowest BCUT2D eigenvalue weighted by molar-refractivity contribution is -0.140. The third-order valence-corrected chi connectivity index (χ3v) is 6.83. The molecule has 0 radical (unpaired) electrons. The van der Waals surface area contributed by atoms with Gasteiger partial charge in [-0.15, -0.1) is 0 Å². The predicted octanol–water partition coefficient (Wildman–Crippen LogP) is 3.48. The van der Waals surface area contributed by atoms with Gasteiger partial charge in [0.1, 0.15) is 0 Å². The summed E-state index contributed by atoms with van der Waals surface area (Å²) in [4.78, 5) is 30.2. The normalized spacial score (nSPS) is 25.1. The van der Waals surface area contributed by atoms with E-state index in [1.165, 1.54) is 25.7 Å². The van der Waals surface area contributed by atoms with E-state index in [0.717, 1.165) is 31.4 Å². The minimum Gasteiger partial charge on any atom is -0.454 e. The second-order valence-electron chi connectivity index (χ2n) is 8.57. The van der Waals surface area contributed by atoms with Gasteiger partial charge in [0.2, 0.25) is 18.6 Å². The molecule has 1 aromatic rings. The molecule has 2 saturated carbocycles. The fourth-order valence-electron chi connectivity index (χ4n) is 5.41. The van der Waals surface area contributed by atoms with E-state index in [-0.39, 0.29) is 24.5 Å². The first-order chi connectivity index (χ1) is 13.7. The summed E-state index contributed by atoms with van der Waals surface area (Å²) in [6.45, 7) is 0.679. The standard InChI is InChI=1S/C22H28N2O4/c25-21-11-15(13-23(21)18-9-10-19-20(12-18)28-14-27-19)22(26)24(16-5-1-2-6-16)17-7-3-4-8-17/h9-10,12,15-17H,1-8,11,13-14H2/t15-/m0/s1. The highest BCUT2D eigenvalue weighted by Gasteiger charge is 2.42. The summed E-state index contributed by atoms with van der Waals surface area (Å²) < 4.78 is 10.8. The zero-order valence-corrected chi connectivity index (χ0v) is 16.3. The van der Waals surface area contributed by atoms with E-state index < -0.39 is 0 Å². The minimum atomic E-state index is -0.237. The van der Waals surface area contributed by atoms with Crippen LogP contribution in [0.25, 0.3) is 0 Å². The fraction of sp³-hybridized carbons (Fsp3) is 0.636. The number of nitrogens with zero attached hydrogens (tertiary/aromatic N) is 2. The molecule has 1 saturated heterocycles. The fourth-order valence-corrected chi connectivity index (χ4v) is 5.41. The zero-order valence-electron chi connectivity index (χ0n) is 16.3. The van der Waals surface area contributed by atoms with Gasteiger partial charge >= 0.3 is 0 Å². The summed E-state index contributed by atoms with van der Waals surface area (Å²) in [5, 5.41) is 0. The number of anilines is 1. The van der Waals surface area contributed by atoms with Crippen LogP contribution in [0.3, 0.4) is 0 Å². The molecule has 2 heterocycles. The third-order valence-electron chi connectivity index (χ3n) is 6.83. The van der Waals surface area contributed by atoms with Crippen LogP contribution in [0.2, 0.25) is 0 Å². The van der Waals surface area contributed by atoms with E-state index in [9.17, 15) is 9.59 Å². The molecule has 6 heteroatoms. The van der Waals surface area contributed by atoms with Gasteiger partial charge in [-0.25, -0.2) is 0 Å². The lowest BCUT2D eigenvalue weighted by Gasteiger charge is -2.36. The van der Waals surface area contributed by atoms with Gasteiger partial charge in [0.05, 0.1) is 5.92 Å². The van der Waals surface area contributed by atoms with Crippen molar-refractivity contribution in [1.82, 2.24) is 4.90 Å². The molecule has 5 rings (SSSR count). The van der Waals surface area contributed by atoms with Crippen molar-refractivity contribution in [3.05, 3.63) is 18.2 Å². The Morgan fingerprint density at radius 2 is 1.61 bits per heavy atom. The van der Waals surface area contributed by atoms with Crippen molar-refractivity contribution in [2.45, 2.75) is 69.9 Å². The van der Waals surface area contributed by atoms with Crippen LogP contribution in [-0.2, 0) is 9.59 Å². The first-order valence-corrected chi connectivity index (χ1v) is 10.7. The molecular weight excluding hydrogens is 356 g/mol. The predicted molar refractivity (Wildman–Crippen MR) is 104 cm³/mol. The number of rotatable bonds is 4. The van der Waals surface area contributed by atoms with E-state index in [4.69, 9.17) is 9.47 Å². The second-order valence-corrected chi connectivity index (χ2v) is 8.57. The number of benzene rings is 1. The Hall–Kier alpha value is -2.24. The maximum atomic E-state index is 13.5. The highest BCUT2D eigenvalue weighted by atomic mass is 16.7. The third kappa shape index (κ3) is 3.12. The largest absolute Gasteiger partial charge is 0.454 e. The summed E-state index contributed by atoms with van der Waals surface area (Å²) in [5.41, 5.74) is 0.790. The second kappa shape index (κ2) is 7.30. The SMILES string of the molecule is O=C1C[C@H](C(=O)N(C2CCCC2)C2CCCC2)CN1c1ccc2c(c1)OCO2. The lowest BCUT2D eigenvalue weighted by atomic mass is 10.0. The number of ether oxygens (including phenoxy) is 2. The maximum absolute atomic E-state index is 13.5. The smallest absolute Gasteiger partial charge is 0.231 e. The van der Waals surface area contributed by atoms with Crippen LogP contribution in [0, 0.1) is 5.92 Å². The molecule has 0 bridgehead atoms. The molecule has 0 N–H and O–H groups in total. The molecule has 1 atom stereocenters. The molecule has 0 unspecified atom stereocenters. The van der Waals surface area contributed by atoms with Gasteiger partial charge in [-0.2, -0.15) is 0 Å². The molecule has 4 aliphatic rings. The van der Waals surface area contributed by atoms with Crippen molar-refractivity contribution >= 4 is 17.5 Å². The van der Waals surface area contributed by atoms with E-state index in [1.54, 1.807) is 4.90 Å². The Labute approximate surface area is 165 Å². The average molecular weight is 384 g/mol. The number of hydrogen-bond acceptors (Lipinski definition) is 4. The molecule has 2 aliphatic carbocycles. The Morgan fingerprint density at radius 3 is 2.29 bits per heavy atom. The molecule has 2 aliphatic heterocycles. The Balaban J connectivity index is 1.34. The van der Waals surface area contributed by atoms with Gasteiger partial charge in [-0.3, -0.25) is 9.59 Å². The van der Waals surface area contributed by atoms with Crippen LogP contribution in [0.4, 0.5) is 5.69 Å². The molecule has 150 valence electrons. The Bertz CT molecular complexity index is 752. The van der Waals surface area contributed by atoms with Crippen LogP contribution >= 0.6 is 0 Å². The van der Waals surface area contributed by atoms with Crippen LogP contribution in [-0.4, -0.2) is 42.1 Å². The van der Waals surface area contributed by atoms with Crippen molar-refractivity contribution in [3.63, 3.8) is 0 Å². The van der Waals surface area contributed by atoms with E-state index in [0.29, 0.717) is 36.5 Å². The van der Waals surface area contributed by atoms with E-state index in [1.807, 2.05) is 18.2 Å². The van der Waals surface area contributed by atoms with Crippen molar-refractivity contribution in [3.8, 4) is 11.5 Å². The first-order valence-electron chi connectivity index (χ1n) is 10.7. The average Bonchev–Trinajstić information content (AvgIpc) is 3.49. The van der Waals surface area contributed by atoms with Gasteiger partial charge in [0.15, 0.2) is 11.5 Å². The summed E-state index contributed by atoms with van der Waals surface area (Å²) in [6.07, 6.45) is 9.65. The van der Waals surface area contributed by atoms with Crippen molar-refractivity contribution in [2.24, 2.45) is 5.92 Å². The number of fused-ring (bicyclic) bond motifs is 1. The number of amides is 2. The van der Waals surface area contributed by atoms with E-state index in [2.05, 4.69) is 4.90 Å². The monoisotopic (exact) mass is 384 g/mol. The summed E-state index contributed by atoms with van der Waals surface area (Å²) in [7, 11) is 0. The van der Waals surface area contributed by atoms with Crippen LogP contribution in [0.5, 0.6) is 11.5 Å². The molecule has 2 amide bonds. The molecule has 28 heavy (non-hydrogen) atoms. The van der Waals surface area contributed by atoms with Crippen LogP contribution in [0.1, 0.15) is 57.8 Å². The number of carbonyl (C=O) groups is 2. The summed E-state index contributed by atoms with van der Waals surface area (Å²) in [5.74, 6) is 1.36. The van der Waals surface area contributed by atoms with E-state index >= 15 is 0 Å². The Kier molecular flexibility index (Phi) is 4.65. The quantitative estimate of drug-likeness (QED) is 0.797. The summed E-state index contributed by atoms with van der Waals surface area (Å²) in [6, 6.07) is 6.32. The summed E-state index contributed by atoms with van der Waals surface area (Å²) >= 11 is 0. The van der Waals surface area contributed by atoms with Gasteiger partial charge < -0.3 is 19.3 Å². The minimum absolute atomic E-state index is 0.0232. The highest BCUT2D eigenvalue weighted by Crippen LogP contribution is 2.38. The molecular formula is C22H28N2O4. The van der Waals surface area contributed by atoms with Gasteiger partial charge in [-0.05, 0) is 37.8 Å². The van der Waals surface area contributed by atoms with Gasteiger partial charge in [0, 0.05) is 36.8 Å². The highest BCUT2D eigenvalue weighted by molar-refractivity contribution is 6.00. The number of carbonyl (C=O) groups excluding carboxylic acids is 2. The molecule has 1 aromatic carbocycles. The Morgan fingerprint density at radius 1 is 0.964 bits per heavy atom. The van der Waals surface area contributed by atoms with Gasteiger partial charge in [0.25, 0.3) is 0 Å². The zero-order chi connectivity index (χ0) is 19.1. The molecule has 0 aromatic heterocycles. The lowest BCUT2D eigenvalue weighted by Crippen LogP contribution is -2.48. The first kappa shape index (κ1) is 17.8. The number of hydrogen-bond donors (Lipinski definition) is 0. The van der Waals surface area contributed by atoms with Crippen LogP contribution < -0.4 is 14.4 Å². The molecule has 6 nitrogen and oxygen atoms in total. The maximum Gasteiger partial charge on any atom is 0.231 e. The topological polar surface area (TPSA) is 59.1 Å². The van der Waals surface area contributed by atoms with Crippen molar-refractivity contribution < 1.29 is 19.1 Å². The molecule has 3 fully saturated rings. The van der Waals surface area contributed by atoms with Crippen LogP contribution in [0.15, 0.2) is 18.2 Å². The molecule has 0 spiro atoms. The van der Waals surface area contributed by atoms with Gasteiger partial charge in [-0.1, -0.05) is 25.7 Å². The van der Waals surface area contributed by atoms with Crippen molar-refractivity contribution in [2.75, 3.05) is 18.2 Å². The van der Waals surface area contributed by atoms with Crippen molar-refractivity contribution in [1.29, 1.82) is 0 Å².